The standard InChI is InChI=1S/C36H42O4/c1-25(2)35-17-11-31(19-27(35)5)22-32-12-18-36(28(6)20-32)40-24-39-34-15-9-30(10-16-34)21-29-7-13-33(14-8-29)38-23-37-26(3)4/h7-20,25-26H,21-24H2,1-6H3. The topological polar surface area (TPSA) is 36.9 Å². The van der Waals surface area contributed by atoms with E-state index in [0.717, 1.165) is 35.7 Å². The van der Waals surface area contributed by atoms with Crippen molar-refractivity contribution in [2.24, 2.45) is 0 Å². The van der Waals surface area contributed by atoms with Crippen LogP contribution in [0.3, 0.4) is 0 Å². The molecule has 0 amide bonds. The normalized spacial score (nSPS) is 11.2. The van der Waals surface area contributed by atoms with Crippen molar-refractivity contribution in [1.82, 2.24) is 0 Å². The summed E-state index contributed by atoms with van der Waals surface area (Å²) in [5.41, 5.74) is 8.93. The van der Waals surface area contributed by atoms with Gasteiger partial charge in [-0.15, -0.1) is 0 Å². The van der Waals surface area contributed by atoms with Gasteiger partial charge in [0.1, 0.15) is 17.2 Å². The molecule has 0 N–H and O–H groups in total. The predicted octanol–water partition coefficient (Wildman–Crippen LogP) is 8.79. The zero-order chi connectivity index (χ0) is 28.5. The summed E-state index contributed by atoms with van der Waals surface area (Å²) < 4.78 is 22.8. The highest BCUT2D eigenvalue weighted by atomic mass is 16.7. The van der Waals surface area contributed by atoms with Crippen molar-refractivity contribution in [3.05, 3.63) is 124 Å². The molecule has 4 nitrogen and oxygen atoms in total. The van der Waals surface area contributed by atoms with E-state index in [0.29, 0.717) is 5.92 Å². The molecule has 0 aliphatic rings. The first kappa shape index (κ1) is 29.2. The smallest absolute Gasteiger partial charge is 0.230 e. The third-order valence-electron chi connectivity index (χ3n) is 6.93. The molecule has 4 aromatic carbocycles. The summed E-state index contributed by atoms with van der Waals surface area (Å²) in [7, 11) is 0. The van der Waals surface area contributed by atoms with Crippen molar-refractivity contribution in [2.75, 3.05) is 13.6 Å². The maximum atomic E-state index is 5.94. The molecule has 0 radical (unpaired) electrons. The van der Waals surface area contributed by atoms with Gasteiger partial charge in [0.2, 0.25) is 6.79 Å². The summed E-state index contributed by atoms with van der Waals surface area (Å²) in [6.07, 6.45) is 1.91. The molecule has 0 saturated carbocycles. The van der Waals surface area contributed by atoms with Gasteiger partial charge in [-0.3, -0.25) is 0 Å². The largest absolute Gasteiger partial charge is 0.468 e. The average Bonchev–Trinajstić information content (AvgIpc) is 2.91. The lowest BCUT2D eigenvalue weighted by molar-refractivity contribution is -0.0199. The molecule has 0 spiro atoms. The van der Waals surface area contributed by atoms with Crippen LogP contribution in [0.4, 0.5) is 0 Å². The van der Waals surface area contributed by atoms with Gasteiger partial charge >= 0.3 is 0 Å². The second-order valence-electron chi connectivity index (χ2n) is 11.0. The summed E-state index contributed by atoms with van der Waals surface area (Å²) in [5.74, 6) is 2.99. The Morgan fingerprint density at radius 3 is 1.55 bits per heavy atom. The fraction of sp³-hybridized carbons (Fsp3) is 0.333. The Kier molecular flexibility index (Phi) is 10.3. The molecular formula is C36H42O4. The Hall–Kier alpha value is -3.76. The first-order valence-corrected chi connectivity index (χ1v) is 14.1. The number of aryl methyl sites for hydroxylation is 2. The lowest BCUT2D eigenvalue weighted by Crippen LogP contribution is -2.09. The highest BCUT2D eigenvalue weighted by Crippen LogP contribution is 2.25. The second kappa shape index (κ2) is 14.0. The van der Waals surface area contributed by atoms with Crippen LogP contribution in [-0.2, 0) is 17.6 Å². The van der Waals surface area contributed by atoms with Crippen LogP contribution in [0.2, 0.25) is 0 Å². The number of hydrogen-bond donors (Lipinski definition) is 0. The molecule has 0 saturated heterocycles. The number of hydrogen-bond acceptors (Lipinski definition) is 4. The highest BCUT2D eigenvalue weighted by molar-refractivity contribution is 5.40. The van der Waals surface area contributed by atoms with Gasteiger partial charge in [0.05, 0.1) is 6.10 Å². The van der Waals surface area contributed by atoms with Crippen LogP contribution >= 0.6 is 0 Å². The van der Waals surface area contributed by atoms with E-state index < -0.39 is 0 Å². The quantitative estimate of drug-likeness (QED) is 0.159. The van der Waals surface area contributed by atoms with Crippen LogP contribution in [0.15, 0.2) is 84.9 Å². The van der Waals surface area contributed by atoms with E-state index in [-0.39, 0.29) is 19.7 Å². The van der Waals surface area contributed by atoms with Crippen molar-refractivity contribution >= 4 is 0 Å². The third-order valence-corrected chi connectivity index (χ3v) is 6.93. The molecule has 0 aliphatic carbocycles. The van der Waals surface area contributed by atoms with Gasteiger partial charge in [0, 0.05) is 0 Å². The molecule has 0 aliphatic heterocycles. The molecule has 210 valence electrons. The van der Waals surface area contributed by atoms with E-state index >= 15 is 0 Å². The van der Waals surface area contributed by atoms with Crippen LogP contribution in [0.25, 0.3) is 0 Å². The Bertz CT molecular complexity index is 1350. The van der Waals surface area contributed by atoms with E-state index in [1.54, 1.807) is 0 Å². The lowest BCUT2D eigenvalue weighted by Gasteiger charge is -2.14. The van der Waals surface area contributed by atoms with E-state index in [4.69, 9.17) is 18.9 Å². The van der Waals surface area contributed by atoms with E-state index in [1.165, 1.54) is 33.4 Å². The van der Waals surface area contributed by atoms with Crippen LogP contribution in [-0.4, -0.2) is 19.7 Å². The molecule has 0 aromatic heterocycles. The second-order valence-corrected chi connectivity index (χ2v) is 11.0. The summed E-state index contributed by atoms with van der Waals surface area (Å²) in [4.78, 5) is 0. The molecule has 40 heavy (non-hydrogen) atoms. The number of ether oxygens (including phenoxy) is 4. The van der Waals surface area contributed by atoms with E-state index in [1.807, 2.05) is 44.2 Å². The Morgan fingerprint density at radius 1 is 0.525 bits per heavy atom. The fourth-order valence-electron chi connectivity index (χ4n) is 4.76. The van der Waals surface area contributed by atoms with Crippen molar-refractivity contribution in [2.45, 2.75) is 66.4 Å². The summed E-state index contributed by atoms with van der Waals surface area (Å²) in [6, 6.07) is 29.5. The Labute approximate surface area is 239 Å². The first-order chi connectivity index (χ1) is 19.3. The molecular weight excluding hydrogens is 496 g/mol. The monoisotopic (exact) mass is 538 g/mol. The van der Waals surface area contributed by atoms with E-state index in [2.05, 4.69) is 82.3 Å². The highest BCUT2D eigenvalue weighted by Gasteiger charge is 2.07. The maximum Gasteiger partial charge on any atom is 0.230 e. The van der Waals surface area contributed by atoms with Gasteiger partial charge in [-0.05, 0) is 116 Å². The summed E-state index contributed by atoms with van der Waals surface area (Å²) in [6.45, 7) is 13.2. The minimum Gasteiger partial charge on any atom is -0.468 e. The van der Waals surface area contributed by atoms with Gasteiger partial charge in [0.25, 0.3) is 0 Å². The Morgan fingerprint density at radius 2 is 1.02 bits per heavy atom. The molecule has 0 fully saturated rings. The van der Waals surface area contributed by atoms with Crippen LogP contribution < -0.4 is 14.2 Å². The molecule has 0 bridgehead atoms. The zero-order valence-electron chi connectivity index (χ0n) is 24.7. The van der Waals surface area contributed by atoms with Crippen LogP contribution in [0.1, 0.15) is 72.6 Å². The first-order valence-electron chi connectivity index (χ1n) is 14.1. The van der Waals surface area contributed by atoms with Gasteiger partial charge in [-0.1, -0.05) is 68.4 Å². The van der Waals surface area contributed by atoms with Gasteiger partial charge < -0.3 is 18.9 Å². The summed E-state index contributed by atoms with van der Waals surface area (Å²) >= 11 is 0. The molecule has 0 unspecified atom stereocenters. The van der Waals surface area contributed by atoms with Gasteiger partial charge in [-0.2, -0.15) is 0 Å². The molecule has 0 atom stereocenters. The third kappa shape index (κ3) is 8.62. The van der Waals surface area contributed by atoms with Crippen molar-refractivity contribution in [1.29, 1.82) is 0 Å². The molecule has 4 heteroatoms. The van der Waals surface area contributed by atoms with Crippen molar-refractivity contribution in [3.8, 4) is 17.2 Å². The summed E-state index contributed by atoms with van der Waals surface area (Å²) in [5, 5.41) is 0. The lowest BCUT2D eigenvalue weighted by atomic mass is 9.94. The maximum absolute atomic E-state index is 5.94. The van der Waals surface area contributed by atoms with Crippen LogP contribution in [0, 0.1) is 13.8 Å². The molecule has 4 rings (SSSR count). The van der Waals surface area contributed by atoms with Crippen molar-refractivity contribution < 1.29 is 18.9 Å². The Balaban J connectivity index is 1.24. The molecule has 0 heterocycles. The predicted molar refractivity (Wildman–Crippen MR) is 163 cm³/mol. The number of benzene rings is 4. The van der Waals surface area contributed by atoms with Crippen molar-refractivity contribution in [3.63, 3.8) is 0 Å². The van der Waals surface area contributed by atoms with Crippen LogP contribution in [0.5, 0.6) is 17.2 Å². The van der Waals surface area contributed by atoms with Gasteiger partial charge in [0.15, 0.2) is 6.79 Å². The minimum absolute atomic E-state index is 0.154. The molecule has 4 aromatic rings. The van der Waals surface area contributed by atoms with Gasteiger partial charge in [-0.25, -0.2) is 0 Å². The fourth-order valence-corrected chi connectivity index (χ4v) is 4.76. The minimum atomic E-state index is 0.154. The average molecular weight is 539 g/mol. The van der Waals surface area contributed by atoms with E-state index in [9.17, 15) is 0 Å². The zero-order valence-corrected chi connectivity index (χ0v) is 24.7. The SMILES string of the molecule is Cc1cc(Cc2ccc(C(C)C)c(C)c2)ccc1OCOc1ccc(Cc2ccc(OCOC(C)C)cc2)cc1. The number of rotatable bonds is 13.